The summed E-state index contributed by atoms with van der Waals surface area (Å²) in [7, 11) is 1.87. The number of carbonyl (C=O) groups excluding carboxylic acids is 1. The van der Waals surface area contributed by atoms with Gasteiger partial charge in [0.05, 0.1) is 29.3 Å². The van der Waals surface area contributed by atoms with Crippen LogP contribution in [-0.2, 0) is 4.74 Å². The monoisotopic (exact) mass is 483 g/mol. The Hall–Kier alpha value is -4.00. The third kappa shape index (κ3) is 4.73. The molecular formula is C29H33N5O2. The van der Waals surface area contributed by atoms with E-state index in [-0.39, 0.29) is 12.1 Å². The van der Waals surface area contributed by atoms with E-state index < -0.39 is 5.60 Å². The minimum Gasteiger partial charge on any atom is -0.444 e. The van der Waals surface area contributed by atoms with Gasteiger partial charge < -0.3 is 20.8 Å². The van der Waals surface area contributed by atoms with Crippen LogP contribution in [0.1, 0.15) is 45.5 Å². The van der Waals surface area contributed by atoms with Gasteiger partial charge in [-0.1, -0.05) is 30.3 Å². The molecule has 3 aromatic carbocycles. The fourth-order valence-corrected chi connectivity index (χ4v) is 4.81. The Labute approximate surface area is 211 Å². The fourth-order valence-electron chi connectivity index (χ4n) is 4.81. The molecule has 1 aliphatic heterocycles. The first-order chi connectivity index (χ1) is 17.2. The van der Waals surface area contributed by atoms with Gasteiger partial charge in [0.25, 0.3) is 0 Å². The summed E-state index contributed by atoms with van der Waals surface area (Å²) in [5.74, 6) is 0.798. The molecule has 4 N–H and O–H groups in total. The van der Waals surface area contributed by atoms with Gasteiger partial charge in [-0.3, -0.25) is 4.90 Å². The molecule has 186 valence electrons. The lowest BCUT2D eigenvalue weighted by atomic mass is 9.99. The molecule has 7 heteroatoms. The van der Waals surface area contributed by atoms with Crippen molar-refractivity contribution in [3.63, 3.8) is 0 Å². The Balaban J connectivity index is 1.38. The summed E-state index contributed by atoms with van der Waals surface area (Å²) in [6, 6.07) is 18.8. The maximum atomic E-state index is 12.7. The molecule has 7 nitrogen and oxygen atoms in total. The third-order valence-electron chi connectivity index (χ3n) is 6.60. The van der Waals surface area contributed by atoms with Gasteiger partial charge >= 0.3 is 6.09 Å². The van der Waals surface area contributed by atoms with Crippen LogP contribution in [0.3, 0.4) is 0 Å². The average molecular weight is 484 g/mol. The number of nitrogens with zero attached hydrogens (tertiary/aromatic N) is 2. The van der Waals surface area contributed by atoms with Crippen molar-refractivity contribution < 1.29 is 9.53 Å². The SMILES string of the molecule is CNc1ccc(-c2ccc3cc(-c4cnc([C@@H]5CCCN5C(=O)OC(C)(C)C)[nH]4)ccc3c2)cc1N. The smallest absolute Gasteiger partial charge is 0.410 e. The van der Waals surface area contributed by atoms with E-state index in [0.717, 1.165) is 63.2 Å². The number of nitrogens with one attached hydrogen (secondary N) is 2. The van der Waals surface area contributed by atoms with Crippen LogP contribution in [0.4, 0.5) is 16.2 Å². The highest BCUT2D eigenvalue weighted by Gasteiger charge is 2.34. The van der Waals surface area contributed by atoms with Crippen LogP contribution < -0.4 is 11.1 Å². The number of H-pyrrole nitrogens is 1. The van der Waals surface area contributed by atoms with Gasteiger partial charge in [0, 0.05) is 19.2 Å². The van der Waals surface area contributed by atoms with Gasteiger partial charge in [-0.2, -0.15) is 0 Å². The molecule has 0 radical (unpaired) electrons. The van der Waals surface area contributed by atoms with E-state index in [4.69, 9.17) is 10.5 Å². The maximum absolute atomic E-state index is 12.7. The van der Waals surface area contributed by atoms with Crippen LogP contribution >= 0.6 is 0 Å². The molecule has 36 heavy (non-hydrogen) atoms. The molecule has 0 aliphatic carbocycles. The van der Waals surface area contributed by atoms with E-state index in [1.54, 1.807) is 4.90 Å². The number of imidazole rings is 1. The van der Waals surface area contributed by atoms with Crippen LogP contribution in [0.15, 0.2) is 60.8 Å². The van der Waals surface area contributed by atoms with Gasteiger partial charge in [0.1, 0.15) is 11.4 Å². The first-order valence-electron chi connectivity index (χ1n) is 12.4. The predicted molar refractivity (Wildman–Crippen MR) is 146 cm³/mol. The van der Waals surface area contributed by atoms with Crippen LogP contribution in [0.5, 0.6) is 0 Å². The lowest BCUT2D eigenvalue weighted by Crippen LogP contribution is -2.36. The third-order valence-corrected chi connectivity index (χ3v) is 6.60. The Bertz CT molecular complexity index is 1420. The molecule has 1 fully saturated rings. The van der Waals surface area contributed by atoms with Crippen molar-refractivity contribution in [3.8, 4) is 22.4 Å². The normalized spacial score (nSPS) is 15.9. The van der Waals surface area contributed by atoms with Gasteiger partial charge in [0.2, 0.25) is 0 Å². The molecule has 1 amide bonds. The van der Waals surface area contributed by atoms with Crippen molar-refractivity contribution in [3.05, 3.63) is 66.6 Å². The Morgan fingerprint density at radius 3 is 2.42 bits per heavy atom. The van der Waals surface area contributed by atoms with Gasteiger partial charge in [-0.15, -0.1) is 0 Å². The Kier molecular flexibility index (Phi) is 6.08. The van der Waals surface area contributed by atoms with Crippen molar-refractivity contribution in [2.24, 2.45) is 0 Å². The van der Waals surface area contributed by atoms with E-state index in [1.165, 1.54) is 0 Å². The molecule has 1 saturated heterocycles. The van der Waals surface area contributed by atoms with Crippen molar-refractivity contribution >= 4 is 28.2 Å². The van der Waals surface area contributed by atoms with Gasteiger partial charge in [-0.25, -0.2) is 9.78 Å². The summed E-state index contributed by atoms with van der Waals surface area (Å²) in [6.45, 7) is 6.34. The number of aromatic amines is 1. The summed E-state index contributed by atoms with van der Waals surface area (Å²) in [5.41, 5.74) is 11.5. The Morgan fingerprint density at radius 2 is 1.72 bits per heavy atom. The number of amides is 1. The van der Waals surface area contributed by atoms with Crippen LogP contribution in [-0.4, -0.2) is 40.2 Å². The molecule has 0 bridgehead atoms. The largest absolute Gasteiger partial charge is 0.444 e. The highest BCUT2D eigenvalue weighted by molar-refractivity contribution is 5.91. The second kappa shape index (κ2) is 9.22. The van der Waals surface area contributed by atoms with E-state index in [0.29, 0.717) is 6.54 Å². The molecule has 0 unspecified atom stereocenters. The molecule has 2 heterocycles. The standard InChI is InChI=1S/C29H33N5O2/c1-29(2,3)36-28(35)34-13-5-6-26(34)27-32-17-25(33-27)22-10-9-18-14-19(7-8-20(18)15-22)21-11-12-24(31-4)23(30)16-21/h7-12,14-17,26,31H,5-6,13,30H2,1-4H3,(H,32,33)/t26-/m0/s1. The molecule has 4 aromatic rings. The quantitative estimate of drug-likeness (QED) is 0.284. The molecule has 5 rings (SSSR count). The van der Waals surface area contributed by atoms with Crippen LogP contribution in [0, 0.1) is 0 Å². The number of rotatable bonds is 4. The van der Waals surface area contributed by atoms with E-state index in [1.807, 2.05) is 46.1 Å². The maximum Gasteiger partial charge on any atom is 0.410 e. The zero-order chi connectivity index (χ0) is 25.4. The highest BCUT2D eigenvalue weighted by atomic mass is 16.6. The van der Waals surface area contributed by atoms with E-state index in [2.05, 4.69) is 57.7 Å². The number of anilines is 2. The molecule has 1 aromatic heterocycles. The summed E-state index contributed by atoms with van der Waals surface area (Å²) in [4.78, 5) is 22.6. The number of fused-ring (bicyclic) bond motifs is 1. The van der Waals surface area contributed by atoms with Crippen LogP contribution in [0.2, 0.25) is 0 Å². The number of nitrogens with two attached hydrogens (primary N) is 1. The predicted octanol–water partition coefficient (Wildman–Crippen LogP) is 6.59. The highest BCUT2D eigenvalue weighted by Crippen LogP contribution is 2.34. The van der Waals surface area contributed by atoms with Crippen molar-refractivity contribution in [1.29, 1.82) is 0 Å². The lowest BCUT2D eigenvalue weighted by molar-refractivity contribution is 0.0218. The number of benzene rings is 3. The topological polar surface area (TPSA) is 96.3 Å². The zero-order valence-corrected chi connectivity index (χ0v) is 21.3. The number of carbonyl (C=O) groups is 1. The van der Waals surface area contributed by atoms with Crippen molar-refractivity contribution in [2.75, 3.05) is 24.6 Å². The summed E-state index contributed by atoms with van der Waals surface area (Å²) >= 11 is 0. The molecule has 0 spiro atoms. The number of aromatic nitrogens is 2. The number of hydrogen-bond donors (Lipinski definition) is 3. The number of hydrogen-bond acceptors (Lipinski definition) is 5. The Morgan fingerprint density at radius 1 is 1.06 bits per heavy atom. The fraction of sp³-hybridized carbons (Fsp3) is 0.310. The van der Waals surface area contributed by atoms with E-state index >= 15 is 0 Å². The van der Waals surface area contributed by atoms with Crippen molar-refractivity contribution in [2.45, 2.75) is 45.3 Å². The second-order valence-electron chi connectivity index (χ2n) is 10.3. The number of likely N-dealkylation sites (tertiary alicyclic amines) is 1. The van der Waals surface area contributed by atoms with Crippen LogP contribution in [0.25, 0.3) is 33.2 Å². The first-order valence-corrected chi connectivity index (χ1v) is 12.4. The van der Waals surface area contributed by atoms with Crippen molar-refractivity contribution in [1.82, 2.24) is 14.9 Å². The minimum atomic E-state index is -0.522. The zero-order valence-electron chi connectivity index (χ0n) is 21.3. The van der Waals surface area contributed by atoms with E-state index in [9.17, 15) is 4.79 Å². The number of nitrogen functional groups attached to an aromatic ring is 1. The molecule has 0 saturated carbocycles. The van der Waals surface area contributed by atoms with Gasteiger partial charge in [-0.05, 0) is 79.8 Å². The summed E-state index contributed by atoms with van der Waals surface area (Å²) in [6.07, 6.45) is 3.36. The summed E-state index contributed by atoms with van der Waals surface area (Å²) in [5, 5.41) is 5.40. The number of ether oxygens (including phenoxy) is 1. The van der Waals surface area contributed by atoms with Gasteiger partial charge in [0.15, 0.2) is 0 Å². The molecule has 1 aliphatic rings. The molecule has 1 atom stereocenters. The first kappa shape index (κ1) is 23.7. The summed E-state index contributed by atoms with van der Waals surface area (Å²) < 4.78 is 5.61. The minimum absolute atomic E-state index is 0.0988. The molecular weight excluding hydrogens is 450 g/mol. The lowest BCUT2D eigenvalue weighted by Gasteiger charge is -2.27. The second-order valence-corrected chi connectivity index (χ2v) is 10.3. The average Bonchev–Trinajstić information content (AvgIpc) is 3.52.